The van der Waals surface area contributed by atoms with Crippen molar-refractivity contribution in [3.8, 4) is 0 Å². The molecule has 0 aliphatic carbocycles. The molecule has 4 nitrogen and oxygen atoms in total. The molecule has 0 aliphatic heterocycles. The van der Waals surface area contributed by atoms with Gasteiger partial charge in [0.2, 0.25) is 5.91 Å². The number of likely N-dealkylation sites (N-methyl/N-ethyl adjacent to an activating group) is 1. The molecule has 0 aromatic carbocycles. The number of aliphatic imine (C=N–C) groups is 1. The lowest BCUT2D eigenvalue weighted by molar-refractivity contribution is -0.116. The van der Waals surface area contributed by atoms with Crippen molar-refractivity contribution in [2.45, 2.75) is 6.92 Å². The number of nitrogens with zero attached hydrogens (tertiary/aromatic N) is 1. The van der Waals surface area contributed by atoms with Crippen LogP contribution in [0.5, 0.6) is 0 Å². The summed E-state index contributed by atoms with van der Waals surface area (Å²) in [5, 5.41) is 2.44. The van der Waals surface area contributed by atoms with Gasteiger partial charge in [-0.3, -0.25) is 4.79 Å². The first-order valence-corrected chi connectivity index (χ1v) is 3.93. The van der Waals surface area contributed by atoms with Gasteiger partial charge < -0.3 is 10.1 Å². The van der Waals surface area contributed by atoms with E-state index in [4.69, 9.17) is 4.74 Å². The number of amides is 1. The molecule has 0 heterocycles. The monoisotopic (exact) mass is 182 g/mol. The van der Waals surface area contributed by atoms with Gasteiger partial charge in [0.1, 0.15) is 0 Å². The largest absolute Gasteiger partial charge is 0.483 e. The van der Waals surface area contributed by atoms with Gasteiger partial charge in [-0.1, -0.05) is 6.58 Å². The zero-order valence-electron chi connectivity index (χ0n) is 7.91. The minimum atomic E-state index is -0.220. The molecule has 0 fully saturated rings. The average molecular weight is 182 g/mol. The smallest absolute Gasteiger partial charge is 0.250 e. The van der Waals surface area contributed by atoms with Crippen molar-refractivity contribution in [1.82, 2.24) is 5.32 Å². The molecule has 0 saturated carbocycles. The standard InChI is InChI=1S/C9H14N2O2/c1-4-13-7-11-6-5-8(2)9(12)10-3/h5-7H,2,4H2,1,3H3,(H,10,12)/b6-5-,11-7?. The van der Waals surface area contributed by atoms with E-state index in [2.05, 4.69) is 16.9 Å². The SMILES string of the molecule is C=C(/C=C\N=COCC)C(=O)NC. The third-order valence-corrected chi connectivity index (χ3v) is 1.18. The molecule has 0 aliphatic rings. The van der Waals surface area contributed by atoms with Gasteiger partial charge in [-0.25, -0.2) is 4.99 Å². The molecule has 13 heavy (non-hydrogen) atoms. The Hall–Kier alpha value is -1.58. The van der Waals surface area contributed by atoms with E-state index in [1.165, 1.54) is 18.7 Å². The molecule has 4 heteroatoms. The number of rotatable bonds is 5. The summed E-state index contributed by atoms with van der Waals surface area (Å²) in [5.74, 6) is -0.220. The van der Waals surface area contributed by atoms with E-state index in [1.54, 1.807) is 7.05 Å². The van der Waals surface area contributed by atoms with Crippen LogP contribution in [0.1, 0.15) is 6.92 Å². The van der Waals surface area contributed by atoms with Gasteiger partial charge >= 0.3 is 0 Å². The summed E-state index contributed by atoms with van der Waals surface area (Å²) in [4.78, 5) is 14.6. The van der Waals surface area contributed by atoms with E-state index in [0.29, 0.717) is 12.2 Å². The summed E-state index contributed by atoms with van der Waals surface area (Å²) in [7, 11) is 1.55. The lowest BCUT2D eigenvalue weighted by atomic mass is 10.3. The maximum Gasteiger partial charge on any atom is 0.250 e. The molecule has 0 saturated heterocycles. The number of hydrogen-bond acceptors (Lipinski definition) is 3. The van der Waals surface area contributed by atoms with Crippen LogP contribution in [0, 0.1) is 0 Å². The first-order valence-electron chi connectivity index (χ1n) is 3.93. The van der Waals surface area contributed by atoms with Crippen molar-refractivity contribution in [3.63, 3.8) is 0 Å². The summed E-state index contributed by atoms with van der Waals surface area (Å²) >= 11 is 0. The molecular formula is C9H14N2O2. The van der Waals surface area contributed by atoms with Crippen molar-refractivity contribution in [2.24, 2.45) is 4.99 Å². The van der Waals surface area contributed by atoms with Crippen LogP contribution in [-0.2, 0) is 9.53 Å². The Balaban J connectivity index is 3.84. The highest BCUT2D eigenvalue weighted by Crippen LogP contribution is 1.91. The van der Waals surface area contributed by atoms with Crippen LogP contribution in [0.3, 0.4) is 0 Å². The van der Waals surface area contributed by atoms with Crippen LogP contribution in [-0.4, -0.2) is 26.0 Å². The van der Waals surface area contributed by atoms with Crippen LogP contribution < -0.4 is 5.32 Å². The summed E-state index contributed by atoms with van der Waals surface area (Å²) in [6, 6.07) is 0. The third-order valence-electron chi connectivity index (χ3n) is 1.18. The Morgan fingerprint density at radius 2 is 2.38 bits per heavy atom. The molecule has 0 bridgehead atoms. The molecule has 1 N–H and O–H groups in total. The molecule has 0 aromatic heterocycles. The predicted octanol–water partition coefficient (Wildman–Crippen LogP) is 0.867. The lowest BCUT2D eigenvalue weighted by Crippen LogP contribution is -2.18. The Labute approximate surface area is 78.0 Å². The third kappa shape index (κ3) is 5.66. The van der Waals surface area contributed by atoms with Gasteiger partial charge in [-0.2, -0.15) is 0 Å². The van der Waals surface area contributed by atoms with E-state index < -0.39 is 0 Å². The van der Waals surface area contributed by atoms with Crippen molar-refractivity contribution in [3.05, 3.63) is 24.4 Å². The summed E-state index contributed by atoms with van der Waals surface area (Å²) in [5.41, 5.74) is 0.358. The first kappa shape index (κ1) is 11.4. The predicted molar refractivity (Wildman–Crippen MR) is 52.5 cm³/mol. The van der Waals surface area contributed by atoms with Gasteiger partial charge in [-0.05, 0) is 13.0 Å². The second kappa shape index (κ2) is 7.09. The van der Waals surface area contributed by atoms with Crippen LogP contribution in [0.4, 0.5) is 0 Å². The fourth-order valence-electron chi connectivity index (χ4n) is 0.522. The molecule has 1 amide bonds. The molecule has 0 spiro atoms. The van der Waals surface area contributed by atoms with E-state index >= 15 is 0 Å². The Morgan fingerprint density at radius 1 is 1.69 bits per heavy atom. The first-order chi connectivity index (χ1) is 6.22. The quantitative estimate of drug-likeness (QED) is 0.297. The fraction of sp³-hybridized carbons (Fsp3) is 0.333. The van der Waals surface area contributed by atoms with E-state index in [9.17, 15) is 4.79 Å². The summed E-state index contributed by atoms with van der Waals surface area (Å²) in [6.07, 6.45) is 4.27. The number of carbonyl (C=O) groups excluding carboxylic acids is 1. The molecular weight excluding hydrogens is 168 g/mol. The summed E-state index contributed by atoms with van der Waals surface area (Å²) in [6.45, 7) is 5.97. The minimum absolute atomic E-state index is 0.220. The zero-order valence-corrected chi connectivity index (χ0v) is 7.91. The molecule has 0 atom stereocenters. The molecule has 0 unspecified atom stereocenters. The number of ether oxygens (including phenoxy) is 1. The average Bonchev–Trinajstić information content (AvgIpc) is 2.16. The van der Waals surface area contributed by atoms with Crippen molar-refractivity contribution >= 4 is 12.3 Å². The zero-order chi connectivity index (χ0) is 10.1. The van der Waals surface area contributed by atoms with Crippen LogP contribution in [0.2, 0.25) is 0 Å². The van der Waals surface area contributed by atoms with Crippen molar-refractivity contribution < 1.29 is 9.53 Å². The van der Waals surface area contributed by atoms with E-state index in [-0.39, 0.29) is 5.91 Å². The van der Waals surface area contributed by atoms with Crippen LogP contribution in [0.15, 0.2) is 29.4 Å². The Morgan fingerprint density at radius 3 is 2.92 bits per heavy atom. The van der Waals surface area contributed by atoms with Crippen LogP contribution in [0.25, 0.3) is 0 Å². The maximum absolute atomic E-state index is 10.9. The maximum atomic E-state index is 10.9. The van der Waals surface area contributed by atoms with E-state index in [1.807, 2.05) is 6.92 Å². The number of nitrogens with one attached hydrogen (secondary N) is 1. The van der Waals surface area contributed by atoms with Crippen LogP contribution >= 0.6 is 0 Å². The van der Waals surface area contributed by atoms with Crippen molar-refractivity contribution in [2.75, 3.05) is 13.7 Å². The highest BCUT2D eigenvalue weighted by Gasteiger charge is 1.97. The van der Waals surface area contributed by atoms with E-state index in [0.717, 1.165) is 0 Å². The highest BCUT2D eigenvalue weighted by molar-refractivity contribution is 5.95. The second-order valence-electron chi connectivity index (χ2n) is 2.13. The Kier molecular flexibility index (Phi) is 6.23. The summed E-state index contributed by atoms with van der Waals surface area (Å²) < 4.78 is 4.83. The number of carbonyl (C=O) groups is 1. The highest BCUT2D eigenvalue weighted by atomic mass is 16.5. The van der Waals surface area contributed by atoms with Gasteiger partial charge in [0.15, 0.2) is 6.40 Å². The lowest BCUT2D eigenvalue weighted by Gasteiger charge is -1.95. The Bertz CT molecular complexity index is 232. The topological polar surface area (TPSA) is 50.7 Å². The number of hydrogen-bond donors (Lipinski definition) is 1. The second-order valence-corrected chi connectivity index (χ2v) is 2.13. The van der Waals surface area contributed by atoms with Gasteiger partial charge in [0.25, 0.3) is 0 Å². The minimum Gasteiger partial charge on any atom is -0.483 e. The van der Waals surface area contributed by atoms with Crippen molar-refractivity contribution in [1.29, 1.82) is 0 Å². The molecule has 0 aromatic rings. The molecule has 72 valence electrons. The van der Waals surface area contributed by atoms with Gasteiger partial charge in [0.05, 0.1) is 6.61 Å². The normalized spacial score (nSPS) is 10.6. The van der Waals surface area contributed by atoms with Gasteiger partial charge in [0, 0.05) is 18.8 Å². The molecule has 0 radical (unpaired) electrons. The van der Waals surface area contributed by atoms with Gasteiger partial charge in [-0.15, -0.1) is 0 Å². The molecule has 0 rings (SSSR count). The fourth-order valence-corrected chi connectivity index (χ4v) is 0.522.